The van der Waals surface area contributed by atoms with Gasteiger partial charge in [0.05, 0.1) is 21.7 Å². The van der Waals surface area contributed by atoms with Gasteiger partial charge in [0.15, 0.2) is 5.78 Å². The first-order valence-electron chi connectivity index (χ1n) is 6.37. The van der Waals surface area contributed by atoms with Gasteiger partial charge >= 0.3 is 17.9 Å². The van der Waals surface area contributed by atoms with Crippen molar-refractivity contribution in [3.05, 3.63) is 69.2 Å². The summed E-state index contributed by atoms with van der Waals surface area (Å²) in [5.41, 5.74) is -0.931. The Labute approximate surface area is 134 Å². The average molecular weight is 331 g/mol. The molecule has 2 heterocycles. The van der Waals surface area contributed by atoms with Gasteiger partial charge in [0.2, 0.25) is 0 Å². The molecule has 2 aromatic carbocycles. The Bertz CT molecular complexity index is 899. The number of ether oxygens (including phenoxy) is 1. The lowest BCUT2D eigenvalue weighted by molar-refractivity contribution is 0.0392. The number of hydrogen-bond donors (Lipinski definition) is 1. The Balaban J connectivity index is 2.36. The molecule has 4 rings (SSSR count). The number of carbonyl (C=O) groups is 4. The summed E-state index contributed by atoms with van der Waals surface area (Å²) in [6, 6.07) is 7.87. The van der Waals surface area contributed by atoms with Gasteiger partial charge in [-0.25, -0.2) is 14.4 Å². The van der Waals surface area contributed by atoms with E-state index in [4.69, 9.17) is 11.6 Å². The van der Waals surface area contributed by atoms with E-state index in [9.17, 15) is 24.3 Å². The maximum Gasteiger partial charge on any atom is 0.346 e. The van der Waals surface area contributed by atoms with E-state index in [1.807, 2.05) is 0 Å². The van der Waals surface area contributed by atoms with Crippen LogP contribution in [0.15, 0.2) is 36.4 Å². The quantitative estimate of drug-likeness (QED) is 0.637. The predicted molar refractivity (Wildman–Crippen MR) is 78.0 cm³/mol. The third-order valence-electron chi connectivity index (χ3n) is 3.37. The van der Waals surface area contributed by atoms with Crippen LogP contribution in [-0.4, -0.2) is 28.8 Å². The first-order valence-corrected chi connectivity index (χ1v) is 6.75. The van der Waals surface area contributed by atoms with Crippen molar-refractivity contribution in [2.75, 3.05) is 0 Å². The molecule has 2 aliphatic rings. The summed E-state index contributed by atoms with van der Waals surface area (Å²) in [5, 5.41) is 8.90. The summed E-state index contributed by atoms with van der Waals surface area (Å²) in [6.45, 7) is 0. The molecule has 0 amide bonds. The van der Waals surface area contributed by atoms with Crippen molar-refractivity contribution >= 4 is 35.3 Å². The molecule has 0 saturated heterocycles. The molecule has 1 N–H and O–H groups in total. The number of fused-ring (bicyclic) bond motifs is 4. The van der Waals surface area contributed by atoms with Crippen LogP contribution >= 0.6 is 11.6 Å². The predicted octanol–water partition coefficient (Wildman–Crippen LogP) is 2.58. The molecular formula is C16H7ClO6. The summed E-state index contributed by atoms with van der Waals surface area (Å²) in [7, 11) is 0. The minimum Gasteiger partial charge on any atom is -0.478 e. The lowest BCUT2D eigenvalue weighted by Crippen LogP contribution is -2.16. The van der Waals surface area contributed by atoms with Crippen molar-refractivity contribution in [1.82, 2.24) is 0 Å². The molecule has 4 bridgehead atoms. The van der Waals surface area contributed by atoms with Crippen molar-refractivity contribution in [2.24, 2.45) is 0 Å². The van der Waals surface area contributed by atoms with Gasteiger partial charge in [-0.15, -0.1) is 0 Å². The Morgan fingerprint density at radius 2 is 1.61 bits per heavy atom. The number of carboxylic acid groups (broad SMARTS) is 1. The molecule has 6 nitrogen and oxygen atoms in total. The van der Waals surface area contributed by atoms with Crippen LogP contribution in [0.5, 0.6) is 0 Å². The molecule has 2 aliphatic heterocycles. The monoisotopic (exact) mass is 330 g/mol. The van der Waals surface area contributed by atoms with Gasteiger partial charge in [-0.1, -0.05) is 23.7 Å². The lowest BCUT2D eigenvalue weighted by Gasteiger charge is -2.09. The van der Waals surface area contributed by atoms with E-state index >= 15 is 0 Å². The minimum absolute atomic E-state index is 0.000280. The van der Waals surface area contributed by atoms with Crippen LogP contribution in [0.2, 0.25) is 5.02 Å². The van der Waals surface area contributed by atoms with Crippen LogP contribution in [0.25, 0.3) is 0 Å². The third-order valence-corrected chi connectivity index (χ3v) is 3.76. The van der Waals surface area contributed by atoms with Crippen molar-refractivity contribution in [3.8, 4) is 0 Å². The normalized spacial score (nSPS) is 13.5. The zero-order valence-electron chi connectivity index (χ0n) is 11.3. The number of carbonyl (C=O) groups excluding carboxylic acids is 3. The molecule has 114 valence electrons. The first kappa shape index (κ1) is 14.9. The van der Waals surface area contributed by atoms with E-state index in [1.165, 1.54) is 30.3 Å². The molecule has 0 spiro atoms. The number of hydrogen-bond acceptors (Lipinski definition) is 5. The molecule has 0 atom stereocenters. The summed E-state index contributed by atoms with van der Waals surface area (Å²) in [6.07, 6.45) is 0. The zero-order chi connectivity index (χ0) is 16.7. The standard InChI is InChI=1S/C16H7ClO6/c17-12-10-5-4-9(11(12)14(19)20)16(22)23-15(21)8-3-1-2-7(6-8)13(10)18/h1-6H,(H,19,20). The Kier molecular flexibility index (Phi) is 3.46. The average Bonchev–Trinajstić information content (AvgIpc) is 2.53. The molecule has 0 fully saturated rings. The highest BCUT2D eigenvalue weighted by Gasteiger charge is 2.29. The number of esters is 2. The molecule has 0 aromatic heterocycles. The van der Waals surface area contributed by atoms with E-state index in [0.29, 0.717) is 0 Å². The number of rotatable bonds is 1. The Hall–Kier alpha value is -2.99. The topological polar surface area (TPSA) is 97.7 Å². The van der Waals surface area contributed by atoms with Crippen molar-refractivity contribution in [1.29, 1.82) is 0 Å². The Morgan fingerprint density at radius 1 is 0.957 bits per heavy atom. The van der Waals surface area contributed by atoms with Gasteiger partial charge in [0.25, 0.3) is 0 Å². The summed E-state index contributed by atoms with van der Waals surface area (Å²) in [4.78, 5) is 48.0. The number of carboxylic acids is 1. The molecule has 2 aromatic rings. The molecule has 0 radical (unpaired) electrons. The highest BCUT2D eigenvalue weighted by atomic mass is 35.5. The molecule has 0 saturated carbocycles. The zero-order valence-corrected chi connectivity index (χ0v) is 12.1. The van der Waals surface area contributed by atoms with Gasteiger partial charge in [-0.2, -0.15) is 0 Å². The van der Waals surface area contributed by atoms with E-state index in [-0.39, 0.29) is 21.7 Å². The van der Waals surface area contributed by atoms with Crippen molar-refractivity contribution in [2.45, 2.75) is 0 Å². The van der Waals surface area contributed by atoms with Gasteiger partial charge in [-0.3, -0.25) is 4.79 Å². The van der Waals surface area contributed by atoms with Gasteiger partial charge < -0.3 is 9.84 Å². The number of ketones is 1. The number of halogens is 1. The SMILES string of the molecule is O=C1OC(=O)c2ccc(c(Cl)c2C(=O)O)C(=O)c2cccc1c2. The largest absolute Gasteiger partial charge is 0.478 e. The van der Waals surface area contributed by atoms with Crippen LogP contribution in [0, 0.1) is 0 Å². The summed E-state index contributed by atoms with van der Waals surface area (Å²) in [5.74, 6) is -4.20. The number of benzene rings is 2. The fourth-order valence-electron chi connectivity index (χ4n) is 2.27. The van der Waals surface area contributed by atoms with Crippen LogP contribution in [0.3, 0.4) is 0 Å². The van der Waals surface area contributed by atoms with Crippen molar-refractivity contribution < 1.29 is 29.0 Å². The van der Waals surface area contributed by atoms with E-state index in [0.717, 1.165) is 6.07 Å². The van der Waals surface area contributed by atoms with Crippen molar-refractivity contribution in [3.63, 3.8) is 0 Å². The fraction of sp³-hybridized carbons (Fsp3) is 0. The lowest BCUT2D eigenvalue weighted by atomic mass is 9.97. The molecule has 0 unspecified atom stereocenters. The smallest absolute Gasteiger partial charge is 0.346 e. The second-order valence-corrected chi connectivity index (χ2v) is 5.12. The molecule has 7 heteroatoms. The fourth-order valence-corrected chi connectivity index (χ4v) is 2.60. The first-order chi connectivity index (χ1) is 10.9. The van der Waals surface area contributed by atoms with Crippen LogP contribution < -0.4 is 0 Å². The second-order valence-electron chi connectivity index (χ2n) is 4.74. The minimum atomic E-state index is -1.50. The molecule has 23 heavy (non-hydrogen) atoms. The number of aromatic carboxylic acids is 1. The van der Waals surface area contributed by atoms with Crippen LogP contribution in [0.1, 0.15) is 47.0 Å². The van der Waals surface area contributed by atoms with E-state index in [1.54, 1.807) is 0 Å². The van der Waals surface area contributed by atoms with E-state index in [2.05, 4.69) is 4.74 Å². The molecule has 0 aliphatic carbocycles. The van der Waals surface area contributed by atoms with E-state index < -0.39 is 34.8 Å². The molecular weight excluding hydrogens is 324 g/mol. The highest BCUT2D eigenvalue weighted by molar-refractivity contribution is 6.38. The van der Waals surface area contributed by atoms with Gasteiger partial charge in [-0.05, 0) is 24.3 Å². The maximum absolute atomic E-state index is 12.5. The third kappa shape index (κ3) is 2.39. The second kappa shape index (κ2) is 5.33. The maximum atomic E-state index is 12.5. The van der Waals surface area contributed by atoms with Gasteiger partial charge in [0, 0.05) is 11.1 Å². The summed E-state index contributed by atoms with van der Waals surface area (Å²) >= 11 is 6.01. The highest BCUT2D eigenvalue weighted by Crippen LogP contribution is 2.29. The van der Waals surface area contributed by atoms with Crippen LogP contribution in [-0.2, 0) is 4.74 Å². The Morgan fingerprint density at radius 3 is 2.30 bits per heavy atom. The van der Waals surface area contributed by atoms with Crippen LogP contribution in [0.4, 0.5) is 0 Å². The van der Waals surface area contributed by atoms with Gasteiger partial charge in [0.1, 0.15) is 0 Å². The summed E-state index contributed by atoms with van der Waals surface area (Å²) < 4.78 is 4.67.